The zero-order chi connectivity index (χ0) is 17.9. The van der Waals surface area contributed by atoms with Crippen LogP contribution in [0.1, 0.15) is 97.3 Å². The SMILES string of the molecule is CCCCCCCCCCCCCC(=O)NNC(=O)CCOCC. The van der Waals surface area contributed by atoms with Crippen molar-refractivity contribution in [3.05, 3.63) is 0 Å². The minimum absolute atomic E-state index is 0.115. The van der Waals surface area contributed by atoms with Crippen LogP contribution in [0.5, 0.6) is 0 Å². The molecule has 0 aromatic heterocycles. The van der Waals surface area contributed by atoms with Crippen LogP contribution in [0.15, 0.2) is 0 Å². The lowest BCUT2D eigenvalue weighted by molar-refractivity contribution is -0.129. The summed E-state index contributed by atoms with van der Waals surface area (Å²) < 4.78 is 5.08. The van der Waals surface area contributed by atoms with Gasteiger partial charge in [-0.15, -0.1) is 0 Å². The number of carbonyl (C=O) groups excluding carboxylic acids is 2. The third-order valence-electron chi connectivity index (χ3n) is 4.03. The lowest BCUT2D eigenvalue weighted by Crippen LogP contribution is -2.41. The average Bonchev–Trinajstić information content (AvgIpc) is 2.58. The number of hydrogen-bond acceptors (Lipinski definition) is 3. The second kappa shape index (κ2) is 18.2. The van der Waals surface area contributed by atoms with Gasteiger partial charge in [0.25, 0.3) is 0 Å². The molecular formula is C19H38N2O3. The van der Waals surface area contributed by atoms with Crippen LogP contribution in [0.4, 0.5) is 0 Å². The molecule has 0 aliphatic heterocycles. The van der Waals surface area contributed by atoms with Crippen LogP contribution in [-0.2, 0) is 14.3 Å². The van der Waals surface area contributed by atoms with E-state index in [0.29, 0.717) is 19.6 Å². The van der Waals surface area contributed by atoms with Gasteiger partial charge < -0.3 is 4.74 Å². The van der Waals surface area contributed by atoms with Crippen molar-refractivity contribution in [3.63, 3.8) is 0 Å². The molecule has 5 nitrogen and oxygen atoms in total. The highest BCUT2D eigenvalue weighted by molar-refractivity contribution is 5.81. The van der Waals surface area contributed by atoms with Crippen LogP contribution in [0, 0.1) is 0 Å². The number of nitrogens with one attached hydrogen (secondary N) is 2. The molecule has 0 aliphatic carbocycles. The van der Waals surface area contributed by atoms with E-state index in [2.05, 4.69) is 17.8 Å². The Bertz CT molecular complexity index is 309. The maximum absolute atomic E-state index is 11.6. The second-order valence-corrected chi connectivity index (χ2v) is 6.33. The molecule has 2 N–H and O–H groups in total. The van der Waals surface area contributed by atoms with Gasteiger partial charge in [-0.05, 0) is 13.3 Å². The van der Waals surface area contributed by atoms with E-state index >= 15 is 0 Å². The Morgan fingerprint density at radius 2 is 1.12 bits per heavy atom. The molecule has 2 amide bonds. The Morgan fingerprint density at radius 1 is 0.667 bits per heavy atom. The molecule has 142 valence electrons. The van der Waals surface area contributed by atoms with E-state index in [1.165, 1.54) is 57.8 Å². The molecule has 0 bridgehead atoms. The van der Waals surface area contributed by atoms with Gasteiger partial charge in [0.05, 0.1) is 13.0 Å². The highest BCUT2D eigenvalue weighted by Gasteiger charge is 2.04. The van der Waals surface area contributed by atoms with Crippen molar-refractivity contribution < 1.29 is 14.3 Å². The standard InChI is InChI=1S/C19H38N2O3/c1-3-5-6-7-8-9-10-11-12-13-14-15-18(22)20-21-19(23)16-17-24-4-2/h3-17H2,1-2H3,(H,20,22)(H,21,23). The molecule has 0 aliphatic rings. The van der Waals surface area contributed by atoms with Crippen molar-refractivity contribution >= 4 is 11.8 Å². The molecule has 0 aromatic rings. The summed E-state index contributed by atoms with van der Waals surface area (Å²) >= 11 is 0. The van der Waals surface area contributed by atoms with Crippen LogP contribution in [0.2, 0.25) is 0 Å². The number of hydrogen-bond donors (Lipinski definition) is 2. The first-order valence-electron chi connectivity index (χ1n) is 9.86. The number of amides is 2. The van der Waals surface area contributed by atoms with Gasteiger partial charge in [0.2, 0.25) is 11.8 Å². The fourth-order valence-electron chi connectivity index (χ4n) is 2.52. The van der Waals surface area contributed by atoms with Gasteiger partial charge in [-0.2, -0.15) is 0 Å². The van der Waals surface area contributed by atoms with Crippen molar-refractivity contribution in [3.8, 4) is 0 Å². The largest absolute Gasteiger partial charge is 0.381 e. The number of unbranched alkanes of at least 4 members (excludes halogenated alkanes) is 10. The predicted molar refractivity (Wildman–Crippen MR) is 98.5 cm³/mol. The quantitative estimate of drug-likeness (QED) is 0.325. The highest BCUT2D eigenvalue weighted by atomic mass is 16.5. The normalized spacial score (nSPS) is 10.6. The van der Waals surface area contributed by atoms with Gasteiger partial charge in [0.15, 0.2) is 0 Å². The molecule has 0 spiro atoms. The first-order chi connectivity index (χ1) is 11.7. The van der Waals surface area contributed by atoms with Crippen LogP contribution in [0.25, 0.3) is 0 Å². The highest BCUT2D eigenvalue weighted by Crippen LogP contribution is 2.11. The van der Waals surface area contributed by atoms with Crippen LogP contribution in [-0.4, -0.2) is 25.0 Å². The van der Waals surface area contributed by atoms with Crippen molar-refractivity contribution in [2.75, 3.05) is 13.2 Å². The Kier molecular flexibility index (Phi) is 17.4. The Labute approximate surface area is 148 Å². The van der Waals surface area contributed by atoms with Gasteiger partial charge in [-0.25, -0.2) is 0 Å². The first kappa shape index (κ1) is 22.9. The number of ether oxygens (including phenoxy) is 1. The van der Waals surface area contributed by atoms with E-state index < -0.39 is 0 Å². The molecule has 5 heteroatoms. The van der Waals surface area contributed by atoms with Crippen LogP contribution >= 0.6 is 0 Å². The van der Waals surface area contributed by atoms with Crippen molar-refractivity contribution in [1.29, 1.82) is 0 Å². The monoisotopic (exact) mass is 342 g/mol. The summed E-state index contributed by atoms with van der Waals surface area (Å²) in [6.45, 7) is 5.11. The van der Waals surface area contributed by atoms with Gasteiger partial charge in [0.1, 0.15) is 0 Å². The lowest BCUT2D eigenvalue weighted by Gasteiger charge is -2.07. The topological polar surface area (TPSA) is 67.4 Å². The summed E-state index contributed by atoms with van der Waals surface area (Å²) in [5.74, 6) is -0.327. The molecule has 24 heavy (non-hydrogen) atoms. The van der Waals surface area contributed by atoms with E-state index in [1.807, 2.05) is 6.92 Å². The van der Waals surface area contributed by atoms with E-state index in [-0.39, 0.29) is 18.2 Å². The summed E-state index contributed by atoms with van der Waals surface area (Å²) in [5.41, 5.74) is 4.86. The minimum Gasteiger partial charge on any atom is -0.381 e. The summed E-state index contributed by atoms with van der Waals surface area (Å²) in [6, 6.07) is 0. The zero-order valence-electron chi connectivity index (χ0n) is 15.8. The predicted octanol–water partition coefficient (Wildman–Crippen LogP) is 4.26. The number of rotatable bonds is 16. The molecular weight excluding hydrogens is 304 g/mol. The first-order valence-corrected chi connectivity index (χ1v) is 9.86. The molecule has 0 unspecified atom stereocenters. The van der Waals surface area contributed by atoms with Gasteiger partial charge >= 0.3 is 0 Å². The Morgan fingerprint density at radius 3 is 1.62 bits per heavy atom. The fraction of sp³-hybridized carbons (Fsp3) is 0.895. The van der Waals surface area contributed by atoms with Crippen molar-refractivity contribution in [2.24, 2.45) is 0 Å². The third-order valence-corrected chi connectivity index (χ3v) is 4.03. The maximum atomic E-state index is 11.6. The molecule has 0 saturated heterocycles. The molecule has 0 fully saturated rings. The zero-order valence-corrected chi connectivity index (χ0v) is 15.8. The average molecular weight is 343 g/mol. The van der Waals surface area contributed by atoms with Crippen LogP contribution < -0.4 is 10.9 Å². The van der Waals surface area contributed by atoms with E-state index in [4.69, 9.17) is 4.74 Å². The van der Waals surface area contributed by atoms with Crippen LogP contribution in [0.3, 0.4) is 0 Å². The number of carbonyl (C=O) groups is 2. The van der Waals surface area contributed by atoms with E-state index in [1.54, 1.807) is 0 Å². The minimum atomic E-state index is -0.212. The second-order valence-electron chi connectivity index (χ2n) is 6.33. The van der Waals surface area contributed by atoms with E-state index in [0.717, 1.165) is 12.8 Å². The number of hydrazine groups is 1. The fourth-order valence-corrected chi connectivity index (χ4v) is 2.52. The van der Waals surface area contributed by atoms with Crippen molar-refractivity contribution in [1.82, 2.24) is 10.9 Å². The summed E-state index contributed by atoms with van der Waals surface area (Å²) in [5, 5.41) is 0. The maximum Gasteiger partial charge on any atom is 0.240 e. The Balaban J connectivity index is 3.27. The van der Waals surface area contributed by atoms with Gasteiger partial charge in [0, 0.05) is 13.0 Å². The summed E-state index contributed by atoms with van der Waals surface area (Å²) in [7, 11) is 0. The molecule has 0 radical (unpaired) electrons. The lowest BCUT2D eigenvalue weighted by atomic mass is 10.1. The Hall–Kier alpha value is -1.10. The van der Waals surface area contributed by atoms with Gasteiger partial charge in [-0.3, -0.25) is 20.4 Å². The van der Waals surface area contributed by atoms with E-state index in [9.17, 15) is 9.59 Å². The summed E-state index contributed by atoms with van der Waals surface area (Å²) in [6.07, 6.45) is 14.6. The molecule has 0 aromatic carbocycles. The smallest absolute Gasteiger partial charge is 0.240 e. The van der Waals surface area contributed by atoms with Crippen molar-refractivity contribution in [2.45, 2.75) is 97.3 Å². The molecule has 0 atom stereocenters. The molecule has 0 rings (SSSR count). The summed E-state index contributed by atoms with van der Waals surface area (Å²) in [4.78, 5) is 23.0. The molecule has 0 heterocycles. The molecule has 0 saturated carbocycles. The van der Waals surface area contributed by atoms with Gasteiger partial charge in [-0.1, -0.05) is 71.1 Å². The third kappa shape index (κ3) is 17.3.